The summed E-state index contributed by atoms with van der Waals surface area (Å²) in [6.07, 6.45) is 11.9. The van der Waals surface area contributed by atoms with Gasteiger partial charge >= 0.3 is 0 Å². The third-order valence-corrected chi connectivity index (χ3v) is 5.73. The molecule has 0 saturated carbocycles. The molecule has 25 heavy (non-hydrogen) atoms. The van der Waals surface area contributed by atoms with E-state index in [-0.39, 0.29) is 0 Å². The third-order valence-electron chi connectivity index (χ3n) is 5.73. The number of aryl methyl sites for hydroxylation is 1. The van der Waals surface area contributed by atoms with E-state index < -0.39 is 0 Å². The van der Waals surface area contributed by atoms with Gasteiger partial charge in [-0.1, -0.05) is 0 Å². The first kappa shape index (κ1) is 14.9. The van der Waals surface area contributed by atoms with E-state index in [2.05, 4.69) is 37.8 Å². The summed E-state index contributed by atoms with van der Waals surface area (Å²) in [5.74, 6) is 1.92. The van der Waals surface area contributed by atoms with Crippen molar-refractivity contribution in [3.05, 3.63) is 48.3 Å². The Morgan fingerprint density at radius 1 is 0.920 bits per heavy atom. The summed E-state index contributed by atoms with van der Waals surface area (Å²) in [4.78, 5) is 16.1. The Kier molecular flexibility index (Phi) is 3.65. The van der Waals surface area contributed by atoms with Crippen molar-refractivity contribution < 1.29 is 0 Å². The van der Waals surface area contributed by atoms with E-state index in [9.17, 15) is 0 Å². The summed E-state index contributed by atoms with van der Waals surface area (Å²) in [6.45, 7) is 3.30. The standard InChI is InChI=1S/C20H23N5/c1-2-11-25-16(4-1)14-23-20(25)15-7-12-24(13-8-15)18-6-10-22-19-17(18)5-3-9-21-19/h3,5-6,9-10,14-15H,1-2,4,7-8,11-13H2. The first-order chi connectivity index (χ1) is 12.4. The Hall–Kier alpha value is -2.43. The number of hydrogen-bond donors (Lipinski definition) is 0. The second-order valence-electron chi connectivity index (χ2n) is 7.18. The lowest BCUT2D eigenvalue weighted by Crippen LogP contribution is -2.34. The molecule has 0 atom stereocenters. The van der Waals surface area contributed by atoms with Crippen LogP contribution in [-0.4, -0.2) is 32.6 Å². The van der Waals surface area contributed by atoms with Crippen LogP contribution in [0.25, 0.3) is 11.0 Å². The third kappa shape index (κ3) is 2.58. The lowest BCUT2D eigenvalue weighted by molar-refractivity contribution is 0.441. The van der Waals surface area contributed by atoms with E-state index in [0.717, 1.165) is 30.7 Å². The fourth-order valence-electron chi connectivity index (χ4n) is 4.41. The molecule has 0 aromatic carbocycles. The van der Waals surface area contributed by atoms with Crippen molar-refractivity contribution in [2.24, 2.45) is 0 Å². The zero-order valence-corrected chi connectivity index (χ0v) is 14.4. The molecule has 3 aromatic rings. The SMILES string of the molecule is c1cnc2nccc(N3CCC(c4ncc5n4CCCC5)CC3)c2c1. The molecule has 0 unspecified atom stereocenters. The maximum Gasteiger partial charge on any atom is 0.161 e. The van der Waals surface area contributed by atoms with Gasteiger partial charge in [-0.3, -0.25) is 0 Å². The number of hydrogen-bond acceptors (Lipinski definition) is 4. The molecule has 3 aromatic heterocycles. The largest absolute Gasteiger partial charge is 0.371 e. The number of anilines is 1. The van der Waals surface area contributed by atoms with Crippen LogP contribution < -0.4 is 4.90 Å². The topological polar surface area (TPSA) is 46.8 Å². The van der Waals surface area contributed by atoms with E-state index in [1.165, 1.54) is 49.3 Å². The van der Waals surface area contributed by atoms with Gasteiger partial charge in [0.15, 0.2) is 5.65 Å². The summed E-state index contributed by atoms with van der Waals surface area (Å²) >= 11 is 0. The normalized spacial score (nSPS) is 18.5. The smallest absolute Gasteiger partial charge is 0.161 e. The molecule has 5 nitrogen and oxygen atoms in total. The molecule has 0 radical (unpaired) electrons. The first-order valence-electron chi connectivity index (χ1n) is 9.39. The molecule has 2 aliphatic heterocycles. The Balaban J connectivity index is 1.37. The van der Waals surface area contributed by atoms with Gasteiger partial charge in [-0.15, -0.1) is 0 Å². The van der Waals surface area contributed by atoms with Crippen LogP contribution in [-0.2, 0) is 13.0 Å². The molecule has 0 amide bonds. The van der Waals surface area contributed by atoms with Crippen molar-refractivity contribution in [1.82, 2.24) is 19.5 Å². The molecule has 0 bridgehead atoms. The van der Waals surface area contributed by atoms with E-state index in [1.807, 2.05) is 18.5 Å². The Bertz CT molecular complexity index is 887. The average Bonchev–Trinajstić information content (AvgIpc) is 3.12. The van der Waals surface area contributed by atoms with Gasteiger partial charge < -0.3 is 9.47 Å². The van der Waals surface area contributed by atoms with E-state index in [4.69, 9.17) is 4.98 Å². The monoisotopic (exact) mass is 333 g/mol. The number of pyridine rings is 2. The molecule has 0 aliphatic carbocycles. The molecule has 0 spiro atoms. The van der Waals surface area contributed by atoms with Crippen LogP contribution in [0.4, 0.5) is 5.69 Å². The summed E-state index contributed by atoms with van der Waals surface area (Å²) in [6, 6.07) is 6.25. The van der Waals surface area contributed by atoms with Crippen LogP contribution in [0.5, 0.6) is 0 Å². The predicted octanol–water partition coefficient (Wildman–Crippen LogP) is 3.55. The second kappa shape index (κ2) is 6.14. The van der Waals surface area contributed by atoms with Crippen molar-refractivity contribution in [3.63, 3.8) is 0 Å². The van der Waals surface area contributed by atoms with Crippen molar-refractivity contribution >= 4 is 16.7 Å². The Morgan fingerprint density at radius 2 is 1.80 bits per heavy atom. The molecular formula is C20H23N5. The van der Waals surface area contributed by atoms with Crippen LogP contribution >= 0.6 is 0 Å². The van der Waals surface area contributed by atoms with Crippen LogP contribution in [0.3, 0.4) is 0 Å². The van der Waals surface area contributed by atoms with Crippen molar-refractivity contribution in [2.75, 3.05) is 18.0 Å². The fraction of sp³-hybridized carbons (Fsp3) is 0.450. The molecule has 5 heterocycles. The molecule has 1 saturated heterocycles. The van der Waals surface area contributed by atoms with E-state index in [1.54, 1.807) is 0 Å². The zero-order chi connectivity index (χ0) is 16.6. The molecule has 0 N–H and O–H groups in total. The van der Waals surface area contributed by atoms with E-state index in [0.29, 0.717) is 5.92 Å². The van der Waals surface area contributed by atoms with Gasteiger partial charge in [-0.2, -0.15) is 0 Å². The van der Waals surface area contributed by atoms with Crippen LogP contribution in [0, 0.1) is 0 Å². The number of nitrogens with zero attached hydrogens (tertiary/aromatic N) is 5. The molecular weight excluding hydrogens is 310 g/mol. The predicted molar refractivity (Wildman–Crippen MR) is 98.9 cm³/mol. The highest BCUT2D eigenvalue weighted by Gasteiger charge is 2.26. The molecule has 5 rings (SSSR count). The lowest BCUT2D eigenvalue weighted by Gasteiger charge is -2.34. The van der Waals surface area contributed by atoms with Crippen molar-refractivity contribution in [2.45, 2.75) is 44.6 Å². The highest BCUT2D eigenvalue weighted by atomic mass is 15.2. The first-order valence-corrected chi connectivity index (χ1v) is 9.39. The van der Waals surface area contributed by atoms with Crippen molar-refractivity contribution in [1.29, 1.82) is 0 Å². The zero-order valence-electron chi connectivity index (χ0n) is 14.4. The summed E-state index contributed by atoms with van der Waals surface area (Å²) in [5.41, 5.74) is 3.54. The van der Waals surface area contributed by atoms with Gasteiger partial charge in [0.05, 0.1) is 0 Å². The summed E-state index contributed by atoms with van der Waals surface area (Å²) in [7, 11) is 0. The minimum atomic E-state index is 0.592. The van der Waals surface area contributed by atoms with Gasteiger partial charge in [-0.05, 0) is 50.3 Å². The number of fused-ring (bicyclic) bond motifs is 2. The Morgan fingerprint density at radius 3 is 2.72 bits per heavy atom. The van der Waals surface area contributed by atoms with Crippen molar-refractivity contribution in [3.8, 4) is 0 Å². The maximum atomic E-state index is 4.79. The number of rotatable bonds is 2. The Labute approximate surface area is 147 Å². The molecule has 2 aliphatic rings. The van der Waals surface area contributed by atoms with Gasteiger partial charge in [0.2, 0.25) is 0 Å². The van der Waals surface area contributed by atoms with E-state index >= 15 is 0 Å². The number of aromatic nitrogens is 4. The highest BCUT2D eigenvalue weighted by Crippen LogP contribution is 2.33. The highest BCUT2D eigenvalue weighted by molar-refractivity contribution is 5.89. The van der Waals surface area contributed by atoms with Gasteiger partial charge in [0.1, 0.15) is 5.82 Å². The molecule has 128 valence electrons. The minimum Gasteiger partial charge on any atom is -0.371 e. The van der Waals surface area contributed by atoms with Gasteiger partial charge in [0.25, 0.3) is 0 Å². The van der Waals surface area contributed by atoms with Crippen LogP contribution in [0.2, 0.25) is 0 Å². The number of piperidine rings is 1. The van der Waals surface area contributed by atoms with Gasteiger partial charge in [-0.25, -0.2) is 15.0 Å². The second-order valence-corrected chi connectivity index (χ2v) is 7.18. The maximum absolute atomic E-state index is 4.79. The average molecular weight is 333 g/mol. The van der Waals surface area contributed by atoms with Gasteiger partial charge in [0, 0.05) is 60.9 Å². The summed E-state index contributed by atoms with van der Waals surface area (Å²) in [5, 5.41) is 1.15. The molecule has 5 heteroatoms. The minimum absolute atomic E-state index is 0.592. The number of imidazole rings is 1. The quantitative estimate of drug-likeness (QED) is 0.719. The van der Waals surface area contributed by atoms with Crippen LogP contribution in [0.15, 0.2) is 36.8 Å². The molecule has 1 fully saturated rings. The van der Waals surface area contributed by atoms with Crippen LogP contribution in [0.1, 0.15) is 43.1 Å². The lowest BCUT2D eigenvalue weighted by atomic mass is 9.95. The fourth-order valence-corrected chi connectivity index (χ4v) is 4.41. The summed E-state index contributed by atoms with van der Waals surface area (Å²) < 4.78 is 2.50.